The molecule has 0 N–H and O–H groups in total. The van der Waals surface area contributed by atoms with Crippen LogP contribution in [0.3, 0.4) is 0 Å². The minimum Gasteiger partial charge on any atom is -0.373 e. The largest absolute Gasteiger partial charge is 0.373 e. The van der Waals surface area contributed by atoms with Crippen LogP contribution in [0, 0.1) is 11.3 Å². The Kier molecular flexibility index (Phi) is 1.40. The Morgan fingerprint density at radius 2 is 2.42 bits per heavy atom. The molecule has 3 atom stereocenters. The molecule has 12 heavy (non-hydrogen) atoms. The fourth-order valence-electron chi connectivity index (χ4n) is 2.85. The number of hydrogen-bond donors (Lipinski definition) is 0. The molecule has 0 aromatic rings. The van der Waals surface area contributed by atoms with Crippen molar-refractivity contribution in [1.29, 1.82) is 0 Å². The maximum Gasteiger partial charge on any atom is 0.0810 e. The minimum atomic E-state index is 0.622. The van der Waals surface area contributed by atoms with E-state index in [-0.39, 0.29) is 0 Å². The zero-order valence-electron chi connectivity index (χ0n) is 7.46. The van der Waals surface area contributed by atoms with Crippen LogP contribution >= 0.6 is 0 Å². The van der Waals surface area contributed by atoms with E-state index in [1.165, 1.54) is 32.1 Å². The number of rotatable bonds is 3. The van der Waals surface area contributed by atoms with Crippen LogP contribution < -0.4 is 0 Å². The third kappa shape index (κ3) is 1.11. The van der Waals surface area contributed by atoms with Gasteiger partial charge in [0.2, 0.25) is 0 Å². The number of allylic oxidation sites excluding steroid dienone is 2. The van der Waals surface area contributed by atoms with Crippen LogP contribution in [0.5, 0.6) is 0 Å². The Hall–Kier alpha value is -0.300. The van der Waals surface area contributed by atoms with Gasteiger partial charge in [0.1, 0.15) is 0 Å². The van der Waals surface area contributed by atoms with E-state index < -0.39 is 0 Å². The molecule has 1 saturated carbocycles. The molecule has 3 unspecified atom stereocenters. The number of hydrogen-bond acceptors (Lipinski definition) is 1. The van der Waals surface area contributed by atoms with Crippen molar-refractivity contribution in [2.24, 2.45) is 11.3 Å². The number of epoxide rings is 1. The van der Waals surface area contributed by atoms with Crippen molar-refractivity contribution in [2.75, 3.05) is 6.61 Å². The lowest BCUT2D eigenvalue weighted by Crippen LogP contribution is -2.12. The van der Waals surface area contributed by atoms with E-state index in [4.69, 9.17) is 4.74 Å². The van der Waals surface area contributed by atoms with E-state index >= 15 is 0 Å². The van der Waals surface area contributed by atoms with Gasteiger partial charge in [0.25, 0.3) is 0 Å². The minimum absolute atomic E-state index is 0.622. The standard InChI is InChI=1S/C11H16O/c1-4-11(5-2-9(1)7-11)6-3-10-8-12-10/h1,4,9-10H,2-3,5-8H2. The molecule has 1 nitrogen and oxygen atoms in total. The highest BCUT2D eigenvalue weighted by Gasteiger charge is 2.41. The van der Waals surface area contributed by atoms with Crippen molar-refractivity contribution >= 4 is 0 Å². The third-order valence-electron chi connectivity index (χ3n) is 3.77. The van der Waals surface area contributed by atoms with Crippen LogP contribution in [0.1, 0.15) is 32.1 Å². The summed E-state index contributed by atoms with van der Waals surface area (Å²) in [7, 11) is 0. The summed E-state index contributed by atoms with van der Waals surface area (Å²) in [5, 5.41) is 0. The van der Waals surface area contributed by atoms with E-state index in [1.54, 1.807) is 0 Å². The van der Waals surface area contributed by atoms with E-state index in [0.717, 1.165) is 12.5 Å². The van der Waals surface area contributed by atoms with Gasteiger partial charge in [-0.15, -0.1) is 0 Å². The first-order valence-corrected chi connectivity index (χ1v) is 5.17. The Morgan fingerprint density at radius 1 is 1.50 bits per heavy atom. The molecule has 2 bridgehead atoms. The van der Waals surface area contributed by atoms with Gasteiger partial charge in [-0.3, -0.25) is 0 Å². The molecule has 1 heteroatoms. The lowest BCUT2D eigenvalue weighted by Gasteiger charge is -2.22. The fraction of sp³-hybridized carbons (Fsp3) is 0.818. The van der Waals surface area contributed by atoms with E-state index in [0.29, 0.717) is 11.5 Å². The summed E-state index contributed by atoms with van der Waals surface area (Å²) in [6.45, 7) is 1.03. The van der Waals surface area contributed by atoms with Gasteiger partial charge in [-0.05, 0) is 43.4 Å². The maximum absolute atomic E-state index is 5.25. The summed E-state index contributed by atoms with van der Waals surface area (Å²) >= 11 is 0. The first-order valence-electron chi connectivity index (χ1n) is 5.17. The van der Waals surface area contributed by atoms with Crippen LogP contribution in [0.25, 0.3) is 0 Å². The predicted molar refractivity (Wildman–Crippen MR) is 47.9 cm³/mol. The second-order valence-corrected chi connectivity index (χ2v) is 4.72. The molecule has 0 radical (unpaired) electrons. The molecular weight excluding hydrogens is 148 g/mol. The highest BCUT2D eigenvalue weighted by Crippen LogP contribution is 2.52. The maximum atomic E-state index is 5.25. The van der Waals surface area contributed by atoms with E-state index in [9.17, 15) is 0 Å². The Labute approximate surface area is 73.8 Å². The zero-order valence-corrected chi connectivity index (χ0v) is 7.46. The van der Waals surface area contributed by atoms with E-state index in [1.807, 2.05) is 0 Å². The van der Waals surface area contributed by atoms with Crippen LogP contribution in [0.2, 0.25) is 0 Å². The molecule has 2 fully saturated rings. The van der Waals surface area contributed by atoms with Crippen molar-refractivity contribution < 1.29 is 4.74 Å². The van der Waals surface area contributed by atoms with Crippen LogP contribution in [0.4, 0.5) is 0 Å². The first-order chi connectivity index (χ1) is 5.86. The Morgan fingerprint density at radius 3 is 2.92 bits per heavy atom. The highest BCUT2D eigenvalue weighted by atomic mass is 16.6. The van der Waals surface area contributed by atoms with Crippen molar-refractivity contribution in [1.82, 2.24) is 0 Å². The molecule has 1 saturated heterocycles. The number of ether oxygens (including phenoxy) is 1. The second-order valence-electron chi connectivity index (χ2n) is 4.72. The average molecular weight is 164 g/mol. The fourth-order valence-corrected chi connectivity index (χ4v) is 2.85. The summed E-state index contributed by atoms with van der Waals surface area (Å²) in [5.74, 6) is 0.935. The molecule has 66 valence electrons. The van der Waals surface area contributed by atoms with Gasteiger partial charge in [-0.25, -0.2) is 0 Å². The van der Waals surface area contributed by atoms with Gasteiger partial charge < -0.3 is 4.74 Å². The van der Waals surface area contributed by atoms with Gasteiger partial charge in [-0.1, -0.05) is 12.2 Å². The van der Waals surface area contributed by atoms with Gasteiger partial charge >= 0.3 is 0 Å². The molecule has 1 aliphatic heterocycles. The molecule has 3 aliphatic rings. The van der Waals surface area contributed by atoms with Crippen molar-refractivity contribution in [3.05, 3.63) is 12.2 Å². The normalized spacial score (nSPS) is 48.7. The monoisotopic (exact) mass is 164 g/mol. The van der Waals surface area contributed by atoms with Crippen LogP contribution in [-0.2, 0) is 4.74 Å². The van der Waals surface area contributed by atoms with Crippen molar-refractivity contribution in [3.63, 3.8) is 0 Å². The Balaban J connectivity index is 1.62. The third-order valence-corrected chi connectivity index (χ3v) is 3.77. The lowest BCUT2D eigenvalue weighted by molar-refractivity contribution is 0.318. The molecule has 0 aromatic heterocycles. The average Bonchev–Trinajstić information content (AvgIpc) is 2.74. The zero-order chi connectivity index (χ0) is 8.02. The van der Waals surface area contributed by atoms with Crippen molar-refractivity contribution in [2.45, 2.75) is 38.2 Å². The summed E-state index contributed by atoms with van der Waals surface area (Å²) in [4.78, 5) is 0. The van der Waals surface area contributed by atoms with Crippen LogP contribution in [0.15, 0.2) is 12.2 Å². The van der Waals surface area contributed by atoms with Gasteiger partial charge in [0.05, 0.1) is 12.7 Å². The smallest absolute Gasteiger partial charge is 0.0810 e. The Bertz CT molecular complexity index is 217. The summed E-state index contributed by atoms with van der Waals surface area (Å²) in [6, 6.07) is 0. The quantitative estimate of drug-likeness (QED) is 0.461. The number of fused-ring (bicyclic) bond motifs is 2. The summed E-state index contributed by atoms with van der Waals surface area (Å²) in [5.41, 5.74) is 0.622. The topological polar surface area (TPSA) is 12.5 Å². The molecule has 3 rings (SSSR count). The summed E-state index contributed by atoms with van der Waals surface area (Å²) in [6.07, 6.45) is 12.6. The van der Waals surface area contributed by atoms with Gasteiger partial charge in [-0.2, -0.15) is 0 Å². The summed E-state index contributed by atoms with van der Waals surface area (Å²) < 4.78 is 5.25. The highest BCUT2D eigenvalue weighted by molar-refractivity contribution is 5.15. The molecule has 0 spiro atoms. The lowest BCUT2D eigenvalue weighted by atomic mass is 9.82. The molecule has 0 aromatic carbocycles. The molecular formula is C11H16O. The predicted octanol–water partition coefficient (Wildman–Crippen LogP) is 2.52. The first kappa shape index (κ1) is 7.14. The molecule has 2 aliphatic carbocycles. The van der Waals surface area contributed by atoms with Gasteiger partial charge in [0, 0.05) is 0 Å². The van der Waals surface area contributed by atoms with Crippen molar-refractivity contribution in [3.8, 4) is 0 Å². The van der Waals surface area contributed by atoms with Gasteiger partial charge in [0.15, 0.2) is 0 Å². The van der Waals surface area contributed by atoms with E-state index in [2.05, 4.69) is 12.2 Å². The SMILES string of the molecule is C1=CC2(CCC3CO3)CCC1C2. The molecule has 1 heterocycles. The molecule has 0 amide bonds. The van der Waals surface area contributed by atoms with Crippen LogP contribution in [-0.4, -0.2) is 12.7 Å². The second kappa shape index (κ2) is 2.35.